The number of ether oxygens (including phenoxy) is 1. The molecule has 0 bridgehead atoms. The van der Waals surface area contributed by atoms with Crippen LogP contribution in [0.4, 0.5) is 4.39 Å². The van der Waals surface area contributed by atoms with Gasteiger partial charge in [0.15, 0.2) is 5.69 Å². The molecule has 1 aromatic carbocycles. The molecule has 0 saturated carbocycles. The van der Waals surface area contributed by atoms with Crippen LogP contribution in [0.1, 0.15) is 47.9 Å². The molecule has 1 saturated heterocycles. The van der Waals surface area contributed by atoms with Gasteiger partial charge in [0.2, 0.25) is 0 Å². The summed E-state index contributed by atoms with van der Waals surface area (Å²) in [5.74, 6) is -0.711. The molecule has 5 nitrogen and oxygen atoms in total. The average Bonchev–Trinajstić information content (AvgIpc) is 3.25. The van der Waals surface area contributed by atoms with Crippen molar-refractivity contribution in [1.29, 1.82) is 0 Å². The Morgan fingerprint density at radius 2 is 2.15 bits per heavy atom. The summed E-state index contributed by atoms with van der Waals surface area (Å²) in [6.07, 6.45) is 4.38. The number of likely N-dealkylation sites (N-methyl/N-ethyl adjacent to an activating group) is 1. The van der Waals surface area contributed by atoms with Crippen LogP contribution < -0.4 is 0 Å². The van der Waals surface area contributed by atoms with Crippen molar-refractivity contribution < 1.29 is 13.9 Å². The summed E-state index contributed by atoms with van der Waals surface area (Å²) >= 11 is 0. The van der Waals surface area contributed by atoms with Crippen molar-refractivity contribution in [1.82, 2.24) is 14.7 Å². The highest BCUT2D eigenvalue weighted by molar-refractivity contribution is 5.89. The summed E-state index contributed by atoms with van der Waals surface area (Å²) < 4.78 is 21.6. The highest BCUT2D eigenvalue weighted by Crippen LogP contribution is 2.29. The zero-order valence-corrected chi connectivity index (χ0v) is 15.1. The predicted molar refractivity (Wildman–Crippen MR) is 96.1 cm³/mol. The first-order valence-corrected chi connectivity index (χ1v) is 9.46. The number of aromatic nitrogens is 2. The highest BCUT2D eigenvalue weighted by Gasteiger charge is 2.30. The summed E-state index contributed by atoms with van der Waals surface area (Å²) in [6.45, 7) is 4.92. The number of hydrogen-bond donors (Lipinski definition) is 0. The van der Waals surface area contributed by atoms with Crippen LogP contribution in [-0.4, -0.2) is 46.4 Å². The molecular weight excluding hydrogens is 333 g/mol. The second-order valence-corrected chi connectivity index (χ2v) is 7.05. The van der Waals surface area contributed by atoms with Crippen LogP contribution in [0.15, 0.2) is 24.3 Å². The molecule has 2 aliphatic rings. The largest absolute Gasteiger partial charge is 0.456 e. The molecule has 1 fully saturated rings. The van der Waals surface area contributed by atoms with Gasteiger partial charge in [0.25, 0.3) is 0 Å². The first-order valence-electron chi connectivity index (χ1n) is 9.46. The Morgan fingerprint density at radius 1 is 1.31 bits per heavy atom. The van der Waals surface area contributed by atoms with E-state index >= 15 is 0 Å². The molecule has 2 heterocycles. The normalized spacial score (nSPS) is 20.2. The van der Waals surface area contributed by atoms with Gasteiger partial charge < -0.3 is 4.74 Å². The van der Waals surface area contributed by atoms with Gasteiger partial charge in [-0.05, 0) is 57.3 Å². The van der Waals surface area contributed by atoms with Crippen LogP contribution >= 0.6 is 0 Å². The van der Waals surface area contributed by atoms with Gasteiger partial charge in [0.1, 0.15) is 17.6 Å². The monoisotopic (exact) mass is 357 g/mol. The van der Waals surface area contributed by atoms with E-state index in [9.17, 15) is 9.18 Å². The number of fused-ring (bicyclic) bond motifs is 1. The minimum Gasteiger partial charge on any atom is -0.456 e. The Balaban J connectivity index is 1.60. The summed E-state index contributed by atoms with van der Waals surface area (Å²) in [4.78, 5) is 15.1. The van der Waals surface area contributed by atoms with Crippen LogP contribution in [0.3, 0.4) is 0 Å². The lowest BCUT2D eigenvalue weighted by atomic mass is 10.1. The number of likely N-dealkylation sites (tertiary alicyclic amines) is 1. The maximum absolute atomic E-state index is 14.2. The maximum Gasteiger partial charge on any atom is 0.359 e. The number of benzene rings is 1. The second-order valence-electron chi connectivity index (χ2n) is 7.05. The number of piperidine rings is 1. The Bertz CT molecular complexity index is 817. The topological polar surface area (TPSA) is 47.4 Å². The number of nitrogens with zero attached hydrogens (tertiary/aromatic N) is 3. The van der Waals surface area contributed by atoms with Crippen molar-refractivity contribution >= 4 is 5.97 Å². The predicted octanol–water partition coefficient (Wildman–Crippen LogP) is 3.14. The van der Waals surface area contributed by atoms with Crippen molar-refractivity contribution in [3.63, 3.8) is 0 Å². The quantitative estimate of drug-likeness (QED) is 0.789. The van der Waals surface area contributed by atoms with Crippen LogP contribution in [0.2, 0.25) is 0 Å². The van der Waals surface area contributed by atoms with Crippen molar-refractivity contribution in [3.05, 3.63) is 47.0 Å². The van der Waals surface area contributed by atoms with Gasteiger partial charge in [0, 0.05) is 17.8 Å². The number of rotatable bonds is 4. The highest BCUT2D eigenvalue weighted by atomic mass is 19.1. The maximum atomic E-state index is 14.2. The molecule has 0 N–H and O–H groups in total. The van der Waals surface area contributed by atoms with Gasteiger partial charge in [0.05, 0.1) is 0 Å². The average molecular weight is 357 g/mol. The number of halogens is 1. The lowest BCUT2D eigenvalue weighted by Gasteiger charge is -2.31. The smallest absolute Gasteiger partial charge is 0.359 e. The third kappa shape index (κ3) is 3.14. The number of hydrogen-bond acceptors (Lipinski definition) is 4. The Kier molecular flexibility index (Phi) is 4.76. The number of carbonyl (C=O) groups is 1. The van der Waals surface area contributed by atoms with Crippen LogP contribution in [0.25, 0.3) is 5.69 Å². The van der Waals surface area contributed by atoms with E-state index < -0.39 is 0 Å². The first-order chi connectivity index (χ1) is 12.7. The molecule has 1 aromatic heterocycles. The van der Waals surface area contributed by atoms with Crippen LogP contribution in [-0.2, 0) is 17.6 Å². The fourth-order valence-electron chi connectivity index (χ4n) is 4.03. The van der Waals surface area contributed by atoms with E-state index in [-0.39, 0.29) is 17.9 Å². The standard InChI is InChI=1S/C20H24FN3O2/c1-2-23-12-6-7-14(13-23)26-20(25)19-15-8-5-11-17(15)24(22-19)18-10-4-3-9-16(18)21/h3-4,9-10,14H,2,5-8,11-13H2,1H3. The van der Waals surface area contributed by atoms with E-state index in [0.717, 1.165) is 63.0 Å². The number of carbonyl (C=O) groups excluding carboxylic acids is 1. The Morgan fingerprint density at radius 3 is 2.96 bits per heavy atom. The molecule has 26 heavy (non-hydrogen) atoms. The molecule has 1 atom stereocenters. The van der Waals surface area contributed by atoms with Crippen molar-refractivity contribution in [3.8, 4) is 5.69 Å². The summed E-state index contributed by atoms with van der Waals surface area (Å²) in [5, 5.41) is 4.46. The summed E-state index contributed by atoms with van der Waals surface area (Å²) in [5.41, 5.74) is 2.59. The van der Waals surface area contributed by atoms with E-state index in [1.165, 1.54) is 6.07 Å². The van der Waals surface area contributed by atoms with Gasteiger partial charge in [-0.3, -0.25) is 4.90 Å². The van der Waals surface area contributed by atoms with Crippen molar-refractivity contribution in [2.24, 2.45) is 0 Å². The fourth-order valence-corrected chi connectivity index (χ4v) is 4.03. The molecule has 1 unspecified atom stereocenters. The molecule has 2 aromatic rings. The van der Waals surface area contributed by atoms with Gasteiger partial charge in [-0.25, -0.2) is 13.9 Å². The third-order valence-electron chi connectivity index (χ3n) is 5.39. The molecule has 1 aliphatic carbocycles. The van der Waals surface area contributed by atoms with E-state index in [4.69, 9.17) is 4.74 Å². The van der Waals surface area contributed by atoms with E-state index in [0.29, 0.717) is 11.4 Å². The van der Waals surface area contributed by atoms with Crippen molar-refractivity contribution in [2.45, 2.75) is 45.1 Å². The van der Waals surface area contributed by atoms with Crippen molar-refractivity contribution in [2.75, 3.05) is 19.6 Å². The van der Waals surface area contributed by atoms with E-state index in [1.54, 1.807) is 22.9 Å². The third-order valence-corrected chi connectivity index (χ3v) is 5.39. The molecule has 138 valence electrons. The van der Waals surface area contributed by atoms with E-state index in [2.05, 4.69) is 16.9 Å². The molecule has 0 amide bonds. The lowest BCUT2D eigenvalue weighted by molar-refractivity contribution is 0.00701. The zero-order chi connectivity index (χ0) is 18.1. The second kappa shape index (κ2) is 7.19. The molecule has 4 rings (SSSR count). The van der Waals surface area contributed by atoms with Gasteiger partial charge in [-0.1, -0.05) is 19.1 Å². The molecule has 0 spiro atoms. The van der Waals surface area contributed by atoms with E-state index in [1.807, 2.05) is 0 Å². The van der Waals surface area contributed by atoms with Gasteiger partial charge in [-0.15, -0.1) is 0 Å². The number of esters is 1. The minimum atomic E-state index is -0.374. The Labute approximate surface area is 152 Å². The SMILES string of the molecule is CCN1CCCC(OC(=O)c2nn(-c3ccccc3F)c3c2CCC3)C1. The minimum absolute atomic E-state index is 0.0909. The number of para-hydroxylation sites is 1. The summed E-state index contributed by atoms with van der Waals surface area (Å²) in [6, 6.07) is 6.54. The van der Waals surface area contributed by atoms with Crippen LogP contribution in [0.5, 0.6) is 0 Å². The summed E-state index contributed by atoms with van der Waals surface area (Å²) in [7, 11) is 0. The Hall–Kier alpha value is -2.21. The fraction of sp³-hybridized carbons (Fsp3) is 0.500. The van der Waals surface area contributed by atoms with Crippen LogP contribution in [0, 0.1) is 5.82 Å². The molecular formula is C20H24FN3O2. The zero-order valence-electron chi connectivity index (χ0n) is 15.1. The molecule has 1 aliphatic heterocycles. The van der Waals surface area contributed by atoms with Gasteiger partial charge >= 0.3 is 5.97 Å². The molecule has 6 heteroatoms. The molecule has 0 radical (unpaired) electrons. The first kappa shape index (κ1) is 17.2. The van der Waals surface area contributed by atoms with Gasteiger partial charge in [-0.2, -0.15) is 5.10 Å². The lowest BCUT2D eigenvalue weighted by Crippen LogP contribution is -2.40.